The number of nitrogens with zero attached hydrogens (tertiary/aromatic N) is 2. The molecule has 6 nitrogen and oxygen atoms in total. The van der Waals surface area contributed by atoms with Gasteiger partial charge in [0.1, 0.15) is 0 Å². The lowest BCUT2D eigenvalue weighted by Crippen LogP contribution is -2.29. The summed E-state index contributed by atoms with van der Waals surface area (Å²) in [5, 5.41) is 7.91. The number of hydrogen-bond donors (Lipinski definition) is 1. The maximum Gasteiger partial charge on any atom is 0.336 e. The number of aromatic nitrogens is 2. The normalized spacial score (nSPS) is 17.0. The molecule has 0 spiro atoms. The second-order valence-electron chi connectivity index (χ2n) is 7.42. The topological polar surface area (TPSA) is 77.2 Å². The molecular weight excluding hydrogens is 413 g/mol. The molecule has 0 bridgehead atoms. The second kappa shape index (κ2) is 8.59. The van der Waals surface area contributed by atoms with Gasteiger partial charge in [0.05, 0.1) is 28.1 Å². The Morgan fingerprint density at radius 1 is 1.24 bits per heavy atom. The van der Waals surface area contributed by atoms with Crippen LogP contribution in [0.2, 0.25) is 10.0 Å². The van der Waals surface area contributed by atoms with Crippen molar-refractivity contribution in [3.05, 3.63) is 62.5 Å². The van der Waals surface area contributed by atoms with Gasteiger partial charge in [0, 0.05) is 17.0 Å². The molecule has 1 aliphatic heterocycles. The van der Waals surface area contributed by atoms with E-state index in [-0.39, 0.29) is 5.92 Å². The van der Waals surface area contributed by atoms with Crippen molar-refractivity contribution in [1.29, 1.82) is 0 Å². The molecule has 29 heavy (non-hydrogen) atoms. The van der Waals surface area contributed by atoms with Crippen molar-refractivity contribution in [2.45, 2.75) is 40.5 Å². The first-order valence-corrected chi connectivity index (χ1v) is 10.1. The van der Waals surface area contributed by atoms with E-state index < -0.39 is 11.9 Å². The Hall–Kier alpha value is -2.31. The quantitative estimate of drug-likeness (QED) is 0.643. The minimum absolute atomic E-state index is 0.208. The predicted molar refractivity (Wildman–Crippen MR) is 112 cm³/mol. The van der Waals surface area contributed by atoms with Gasteiger partial charge in [-0.2, -0.15) is 4.98 Å². The highest BCUT2D eigenvalue weighted by molar-refractivity contribution is 6.42. The number of carbonyl (C=O) groups is 1. The second-order valence-corrected chi connectivity index (χ2v) is 8.20. The van der Waals surface area contributed by atoms with Crippen molar-refractivity contribution in [3.63, 3.8) is 0 Å². The van der Waals surface area contributed by atoms with Crippen molar-refractivity contribution >= 4 is 34.7 Å². The van der Waals surface area contributed by atoms with Crippen LogP contribution in [-0.4, -0.2) is 22.7 Å². The van der Waals surface area contributed by atoms with E-state index in [1.807, 2.05) is 33.8 Å². The molecule has 1 aromatic carbocycles. The fourth-order valence-corrected chi connectivity index (χ4v) is 3.75. The molecule has 2 heterocycles. The summed E-state index contributed by atoms with van der Waals surface area (Å²) in [4.78, 5) is 17.5. The van der Waals surface area contributed by atoms with Crippen molar-refractivity contribution in [3.8, 4) is 0 Å². The van der Waals surface area contributed by atoms with Crippen LogP contribution in [0, 0.1) is 12.8 Å². The van der Waals surface area contributed by atoms with Crippen LogP contribution in [0.5, 0.6) is 0 Å². The van der Waals surface area contributed by atoms with Crippen molar-refractivity contribution in [1.82, 2.24) is 15.5 Å². The lowest BCUT2D eigenvalue weighted by atomic mass is 9.80. The van der Waals surface area contributed by atoms with Crippen molar-refractivity contribution < 1.29 is 14.1 Å². The number of hydrogen-bond acceptors (Lipinski definition) is 6. The fourth-order valence-electron chi connectivity index (χ4n) is 3.33. The van der Waals surface area contributed by atoms with Crippen LogP contribution in [0.4, 0.5) is 0 Å². The van der Waals surface area contributed by atoms with E-state index in [9.17, 15) is 4.79 Å². The molecule has 3 rings (SSSR count). The van der Waals surface area contributed by atoms with Crippen LogP contribution in [0.3, 0.4) is 0 Å². The molecule has 8 heteroatoms. The summed E-state index contributed by atoms with van der Waals surface area (Å²) < 4.78 is 11.0. The highest BCUT2D eigenvalue weighted by atomic mass is 35.5. The zero-order valence-electron chi connectivity index (χ0n) is 17.0. The molecule has 0 radical (unpaired) electrons. The molecule has 1 aliphatic rings. The molecule has 1 aromatic heterocycles. The van der Waals surface area contributed by atoms with Gasteiger partial charge in [-0.15, -0.1) is 0 Å². The molecular formula is C21H23Cl2N3O3. The zero-order chi connectivity index (χ0) is 21.3. The SMILES string of the molecule is CC1=C(C(=O)OCC(C)C)C(c2cccc(Cl)c2Cl)C(c2nc(C)no2)=C(C)N1. The highest BCUT2D eigenvalue weighted by Gasteiger charge is 2.38. The standard InChI is InChI=1S/C21H23Cl2N3O3/c1-10(2)9-28-21(27)17-12(4)24-11(3)16(20-25-13(5)26-29-20)18(17)14-7-6-8-15(22)19(14)23/h6-8,10,18,24H,9H2,1-5H3. The summed E-state index contributed by atoms with van der Waals surface area (Å²) in [7, 11) is 0. The monoisotopic (exact) mass is 435 g/mol. The van der Waals surface area contributed by atoms with E-state index in [2.05, 4.69) is 15.5 Å². The highest BCUT2D eigenvalue weighted by Crippen LogP contribution is 2.46. The van der Waals surface area contributed by atoms with Gasteiger partial charge in [0.15, 0.2) is 5.82 Å². The van der Waals surface area contributed by atoms with Crippen LogP contribution in [0.25, 0.3) is 5.57 Å². The van der Waals surface area contributed by atoms with E-state index in [1.165, 1.54) is 0 Å². The van der Waals surface area contributed by atoms with Gasteiger partial charge in [0.25, 0.3) is 5.89 Å². The number of ether oxygens (including phenoxy) is 1. The molecule has 1 N–H and O–H groups in total. The number of carbonyl (C=O) groups excluding carboxylic acids is 1. The molecule has 0 fully saturated rings. The van der Waals surface area contributed by atoms with Gasteiger partial charge in [0.2, 0.25) is 0 Å². The van der Waals surface area contributed by atoms with Crippen LogP contribution in [0.1, 0.15) is 50.9 Å². The van der Waals surface area contributed by atoms with Gasteiger partial charge >= 0.3 is 5.97 Å². The molecule has 1 atom stereocenters. The lowest BCUT2D eigenvalue weighted by Gasteiger charge is -2.30. The summed E-state index contributed by atoms with van der Waals surface area (Å²) in [6.07, 6.45) is 0. The molecule has 0 saturated carbocycles. The lowest BCUT2D eigenvalue weighted by molar-refractivity contribution is -0.140. The maximum absolute atomic E-state index is 13.1. The van der Waals surface area contributed by atoms with Crippen LogP contribution in [-0.2, 0) is 9.53 Å². The van der Waals surface area contributed by atoms with Crippen molar-refractivity contribution in [2.75, 3.05) is 6.61 Å². The van der Waals surface area contributed by atoms with E-state index in [4.69, 9.17) is 32.5 Å². The van der Waals surface area contributed by atoms with Gasteiger partial charge in [-0.1, -0.05) is 54.3 Å². The summed E-state index contributed by atoms with van der Waals surface area (Å²) in [5.74, 6) is 0.0227. The average Bonchev–Trinajstić information content (AvgIpc) is 3.07. The Labute approximate surface area is 179 Å². The van der Waals surface area contributed by atoms with E-state index in [0.717, 1.165) is 5.70 Å². The average molecular weight is 436 g/mol. The number of nitrogens with one attached hydrogen (secondary N) is 1. The molecule has 0 aliphatic carbocycles. The van der Waals surface area contributed by atoms with E-state index in [0.29, 0.717) is 50.8 Å². The molecule has 0 saturated heterocycles. The smallest absolute Gasteiger partial charge is 0.336 e. The first kappa shape index (κ1) is 21.4. The Morgan fingerprint density at radius 3 is 2.59 bits per heavy atom. The third kappa shape index (κ3) is 4.33. The molecule has 154 valence electrons. The Kier molecular flexibility index (Phi) is 6.34. The van der Waals surface area contributed by atoms with Crippen LogP contribution in [0.15, 0.2) is 39.7 Å². The third-order valence-electron chi connectivity index (χ3n) is 4.58. The summed E-state index contributed by atoms with van der Waals surface area (Å²) in [6, 6.07) is 5.34. The number of allylic oxidation sites excluding steroid dienone is 3. The molecule has 1 unspecified atom stereocenters. The number of dihydropyridines is 1. The zero-order valence-corrected chi connectivity index (χ0v) is 18.5. The fraction of sp³-hybridized carbons (Fsp3) is 0.381. The summed E-state index contributed by atoms with van der Waals surface area (Å²) in [6.45, 7) is 9.73. The number of benzene rings is 1. The Morgan fingerprint density at radius 2 is 1.97 bits per heavy atom. The Balaban J connectivity index is 2.19. The van der Waals surface area contributed by atoms with Crippen molar-refractivity contribution in [2.24, 2.45) is 5.92 Å². The van der Waals surface area contributed by atoms with Gasteiger partial charge in [-0.25, -0.2) is 4.79 Å². The van der Waals surface area contributed by atoms with Gasteiger partial charge in [-0.05, 0) is 38.3 Å². The number of rotatable bonds is 5. The number of halogens is 2. The molecule has 0 amide bonds. The Bertz CT molecular complexity index is 1010. The molecule has 2 aromatic rings. The predicted octanol–water partition coefficient (Wildman–Crippen LogP) is 5.28. The van der Waals surface area contributed by atoms with Crippen LogP contribution >= 0.6 is 23.2 Å². The first-order valence-electron chi connectivity index (χ1n) is 9.31. The van der Waals surface area contributed by atoms with E-state index >= 15 is 0 Å². The largest absolute Gasteiger partial charge is 0.462 e. The first-order chi connectivity index (χ1) is 13.7. The number of aryl methyl sites for hydroxylation is 1. The van der Waals surface area contributed by atoms with Gasteiger partial charge in [-0.3, -0.25) is 0 Å². The minimum Gasteiger partial charge on any atom is -0.462 e. The van der Waals surface area contributed by atoms with Gasteiger partial charge < -0.3 is 14.6 Å². The summed E-state index contributed by atoms with van der Waals surface area (Å²) >= 11 is 12.8. The van der Waals surface area contributed by atoms with Crippen LogP contribution < -0.4 is 5.32 Å². The summed E-state index contributed by atoms with van der Waals surface area (Å²) in [5.41, 5.74) is 3.23. The minimum atomic E-state index is -0.568. The number of esters is 1. The third-order valence-corrected chi connectivity index (χ3v) is 5.41. The maximum atomic E-state index is 13.1. The van der Waals surface area contributed by atoms with E-state index in [1.54, 1.807) is 19.1 Å².